The number of imide groups is 2. The van der Waals surface area contributed by atoms with Gasteiger partial charge in [-0.2, -0.15) is 0 Å². The van der Waals surface area contributed by atoms with Gasteiger partial charge >= 0.3 is 0 Å². The zero-order valence-corrected chi connectivity index (χ0v) is 32.2. The first-order valence-electron chi connectivity index (χ1n) is 19.6. The van der Waals surface area contributed by atoms with Gasteiger partial charge in [-0.25, -0.2) is 4.98 Å². The van der Waals surface area contributed by atoms with Crippen LogP contribution in [0.2, 0.25) is 0 Å². The third-order valence-corrected chi connectivity index (χ3v) is 12.2. The van der Waals surface area contributed by atoms with Gasteiger partial charge in [0.25, 0.3) is 11.8 Å². The maximum Gasteiger partial charge on any atom is 0.264 e. The van der Waals surface area contributed by atoms with Crippen LogP contribution in [0.3, 0.4) is 0 Å². The molecule has 3 atom stereocenters. The van der Waals surface area contributed by atoms with E-state index in [0.29, 0.717) is 43.6 Å². The van der Waals surface area contributed by atoms with Crippen LogP contribution < -0.4 is 20.9 Å². The molecule has 3 N–H and O–H groups in total. The predicted octanol–water partition coefficient (Wildman–Crippen LogP) is 4.85. The number of ether oxygens (including phenoxy) is 2. The third-order valence-electron chi connectivity index (χ3n) is 11.3. The van der Waals surface area contributed by atoms with Crippen LogP contribution in [0.25, 0.3) is 11.3 Å². The Morgan fingerprint density at radius 3 is 2.66 bits per heavy atom. The molecular weight excluding hydrogens is 737 g/mol. The Bertz CT molecular complexity index is 2080. The van der Waals surface area contributed by atoms with Gasteiger partial charge in [-0.3, -0.25) is 39.0 Å². The van der Waals surface area contributed by atoms with Crippen molar-refractivity contribution in [1.82, 2.24) is 15.2 Å². The van der Waals surface area contributed by atoms with Crippen molar-refractivity contribution in [2.75, 3.05) is 48.4 Å². The molecule has 1 saturated heterocycles. The highest BCUT2D eigenvalue weighted by Crippen LogP contribution is 2.39. The van der Waals surface area contributed by atoms with E-state index >= 15 is 0 Å². The van der Waals surface area contributed by atoms with Crippen LogP contribution in [-0.4, -0.2) is 90.4 Å². The lowest BCUT2D eigenvalue weighted by atomic mass is 9.85. The molecule has 2 saturated carbocycles. The van der Waals surface area contributed by atoms with Crippen molar-refractivity contribution in [3.8, 4) is 11.3 Å². The van der Waals surface area contributed by atoms with Crippen molar-refractivity contribution in [3.05, 3.63) is 58.0 Å². The van der Waals surface area contributed by atoms with E-state index in [2.05, 4.69) is 22.0 Å². The molecule has 0 radical (unpaired) electrons. The Morgan fingerprint density at radius 2 is 1.84 bits per heavy atom. The molecule has 15 heteroatoms. The maximum absolute atomic E-state index is 13.3. The predicted molar refractivity (Wildman–Crippen MR) is 208 cm³/mol. The van der Waals surface area contributed by atoms with Gasteiger partial charge in [0.2, 0.25) is 23.6 Å². The number of aromatic nitrogens is 1. The average molecular weight is 783 g/mol. The SMILES string of the molecule is Cc1sc(NC(=O)C[C@@H]2CCC[C@H](OCCOCCNc3cccc4c3C(=O)N(C3CCC(=O)NC3=O)C4=O)C2)nc1-c1ccc2c(c1)CCN2C(=O)C1CC1. The molecule has 3 fully saturated rings. The highest BCUT2D eigenvalue weighted by molar-refractivity contribution is 7.16. The first-order valence-corrected chi connectivity index (χ1v) is 20.5. The monoisotopic (exact) mass is 782 g/mol. The fraction of sp³-hybridized carbons (Fsp3) is 0.488. The number of rotatable bonds is 14. The van der Waals surface area contributed by atoms with E-state index < -0.39 is 29.7 Å². The number of benzene rings is 2. The summed E-state index contributed by atoms with van der Waals surface area (Å²) >= 11 is 1.48. The van der Waals surface area contributed by atoms with E-state index in [1.165, 1.54) is 16.9 Å². The summed E-state index contributed by atoms with van der Waals surface area (Å²) in [6.45, 7) is 4.26. The van der Waals surface area contributed by atoms with Crippen molar-refractivity contribution < 1.29 is 38.2 Å². The fourth-order valence-electron chi connectivity index (χ4n) is 8.35. The van der Waals surface area contributed by atoms with Gasteiger partial charge < -0.3 is 25.0 Å². The molecule has 5 aliphatic rings. The summed E-state index contributed by atoms with van der Waals surface area (Å²) in [4.78, 5) is 84.9. The van der Waals surface area contributed by atoms with Crippen molar-refractivity contribution in [2.24, 2.45) is 11.8 Å². The summed E-state index contributed by atoms with van der Waals surface area (Å²) in [6, 6.07) is 10.1. The minimum Gasteiger partial charge on any atom is -0.382 e. The lowest BCUT2D eigenvalue weighted by Crippen LogP contribution is -2.54. The molecule has 14 nitrogen and oxygen atoms in total. The number of nitrogens with zero attached hydrogens (tertiary/aromatic N) is 3. The molecule has 56 heavy (non-hydrogen) atoms. The van der Waals surface area contributed by atoms with Crippen LogP contribution in [-0.2, 0) is 35.1 Å². The van der Waals surface area contributed by atoms with Gasteiger partial charge in [0.05, 0.1) is 42.7 Å². The maximum atomic E-state index is 13.3. The van der Waals surface area contributed by atoms with Crippen LogP contribution in [0.4, 0.5) is 16.5 Å². The average Bonchev–Trinajstić information content (AvgIpc) is 3.77. The minimum absolute atomic E-state index is 0.0474. The van der Waals surface area contributed by atoms with E-state index in [-0.39, 0.29) is 53.7 Å². The first kappa shape index (κ1) is 37.9. The van der Waals surface area contributed by atoms with Gasteiger partial charge in [-0.05, 0) is 87.6 Å². The summed E-state index contributed by atoms with van der Waals surface area (Å²) < 4.78 is 11.9. The molecule has 3 aromatic rings. The van der Waals surface area contributed by atoms with Crippen molar-refractivity contribution in [2.45, 2.75) is 83.3 Å². The van der Waals surface area contributed by atoms with Crippen LogP contribution in [0, 0.1) is 18.8 Å². The highest BCUT2D eigenvalue weighted by Gasteiger charge is 2.45. The van der Waals surface area contributed by atoms with Crippen molar-refractivity contribution >= 4 is 63.3 Å². The second-order valence-electron chi connectivity index (χ2n) is 15.3. The minimum atomic E-state index is -1.02. The lowest BCUT2D eigenvalue weighted by Gasteiger charge is -2.28. The van der Waals surface area contributed by atoms with Gasteiger partial charge in [-0.15, -0.1) is 11.3 Å². The highest BCUT2D eigenvalue weighted by atomic mass is 32.1. The summed E-state index contributed by atoms with van der Waals surface area (Å²) in [5.41, 5.74) is 4.95. The fourth-order valence-corrected chi connectivity index (χ4v) is 9.21. The molecule has 6 amide bonds. The number of hydrogen-bond acceptors (Lipinski definition) is 11. The number of carbonyl (C=O) groups is 6. The molecule has 4 heterocycles. The second-order valence-corrected chi connectivity index (χ2v) is 16.5. The van der Waals surface area contributed by atoms with Crippen molar-refractivity contribution in [1.29, 1.82) is 0 Å². The van der Waals surface area contributed by atoms with E-state index in [1.54, 1.807) is 18.2 Å². The van der Waals surface area contributed by atoms with Gasteiger partial charge in [0.1, 0.15) is 6.04 Å². The molecule has 0 spiro atoms. The van der Waals surface area contributed by atoms with Gasteiger partial charge in [-0.1, -0.05) is 18.6 Å². The molecule has 1 unspecified atom stereocenters. The quantitative estimate of drug-likeness (QED) is 0.151. The Balaban J connectivity index is 0.748. The number of nitrogens with one attached hydrogen (secondary N) is 3. The van der Waals surface area contributed by atoms with Crippen LogP contribution >= 0.6 is 11.3 Å². The molecule has 1 aromatic heterocycles. The van der Waals surface area contributed by atoms with Crippen molar-refractivity contribution in [3.63, 3.8) is 0 Å². The Morgan fingerprint density at radius 1 is 0.982 bits per heavy atom. The number of piperidine rings is 1. The third kappa shape index (κ3) is 7.98. The zero-order chi connectivity index (χ0) is 38.9. The zero-order valence-electron chi connectivity index (χ0n) is 31.4. The van der Waals surface area contributed by atoms with E-state index in [4.69, 9.17) is 14.5 Å². The molecule has 294 valence electrons. The second kappa shape index (κ2) is 16.2. The number of anilines is 3. The summed E-state index contributed by atoms with van der Waals surface area (Å²) in [7, 11) is 0. The van der Waals surface area contributed by atoms with Gasteiger partial charge in [0, 0.05) is 53.7 Å². The number of aryl methyl sites for hydroxylation is 1. The summed E-state index contributed by atoms with van der Waals surface area (Å²) in [6.07, 6.45) is 7.14. The number of hydrogen-bond donors (Lipinski definition) is 3. The molecule has 2 aliphatic carbocycles. The molecular formula is C41H46N6O8S. The van der Waals surface area contributed by atoms with Crippen LogP contribution in [0.5, 0.6) is 0 Å². The van der Waals surface area contributed by atoms with E-state index in [1.807, 2.05) is 24.0 Å². The smallest absolute Gasteiger partial charge is 0.264 e. The Kier molecular flexibility index (Phi) is 11.0. The number of amides is 6. The normalized spacial score (nSPS) is 21.9. The van der Waals surface area contributed by atoms with E-state index in [0.717, 1.165) is 78.2 Å². The Labute approximate surface area is 328 Å². The van der Waals surface area contributed by atoms with Crippen LogP contribution in [0.15, 0.2) is 36.4 Å². The number of fused-ring (bicyclic) bond motifs is 2. The molecule has 8 rings (SSSR count). The molecule has 2 aromatic carbocycles. The number of carbonyl (C=O) groups excluding carboxylic acids is 6. The first-order chi connectivity index (χ1) is 27.1. The van der Waals surface area contributed by atoms with Crippen LogP contribution in [0.1, 0.15) is 88.9 Å². The number of thiazole rings is 1. The standard InChI is InChI=1S/C41H46N6O8S/c1-23-36(27-10-11-31-26(22-27)14-16-46(31)38(51)25-8-9-25)45-41(56-23)44-34(49)21-24-4-2-5-28(20-24)55-19-18-54-17-15-42-30-7-3-6-29-35(30)40(53)47(39(29)52)32-12-13-33(48)43-37(32)50/h3,6-7,10-11,22,24-25,28,32,42H,2,4-5,8-9,12-21H2,1H3,(H,43,48,50)(H,44,45,49)/t24-,28+,32?/m1/s1. The lowest BCUT2D eigenvalue weighted by molar-refractivity contribution is -0.136. The molecule has 3 aliphatic heterocycles. The topological polar surface area (TPSA) is 176 Å². The largest absolute Gasteiger partial charge is 0.382 e. The van der Waals surface area contributed by atoms with Gasteiger partial charge in [0.15, 0.2) is 5.13 Å². The summed E-state index contributed by atoms with van der Waals surface area (Å²) in [5, 5.41) is 9.02. The Hall–Kier alpha value is -4.99. The molecule has 0 bridgehead atoms. The van der Waals surface area contributed by atoms with E-state index in [9.17, 15) is 28.8 Å². The summed E-state index contributed by atoms with van der Waals surface area (Å²) in [5.74, 6) is -1.56.